The number of hydrogen-bond acceptors (Lipinski definition) is 4. The number of nitrogens with zero attached hydrogens (tertiary/aromatic N) is 3. The molecule has 1 aromatic carbocycles. The number of nitriles is 1. The van der Waals surface area contributed by atoms with Gasteiger partial charge in [0.1, 0.15) is 17.4 Å². The summed E-state index contributed by atoms with van der Waals surface area (Å²) in [5.41, 5.74) is -0.767. The van der Waals surface area contributed by atoms with Crippen molar-refractivity contribution >= 4 is 5.65 Å². The molecule has 27 heavy (non-hydrogen) atoms. The van der Waals surface area contributed by atoms with E-state index in [9.17, 15) is 23.2 Å². The number of aromatic amines is 1. The highest BCUT2D eigenvalue weighted by Gasteiger charge is 2.35. The van der Waals surface area contributed by atoms with E-state index in [4.69, 9.17) is 4.74 Å². The first kappa shape index (κ1) is 18.5. The number of rotatable bonds is 3. The van der Waals surface area contributed by atoms with Gasteiger partial charge in [-0.05, 0) is 24.1 Å². The second-order valence-corrected chi connectivity index (χ2v) is 6.20. The normalized spacial score (nSPS) is 11.8. The van der Waals surface area contributed by atoms with Crippen LogP contribution in [-0.4, -0.2) is 21.7 Å². The lowest BCUT2D eigenvalue weighted by molar-refractivity contribution is -0.138. The fourth-order valence-electron chi connectivity index (χ4n) is 2.93. The van der Waals surface area contributed by atoms with Gasteiger partial charge in [0, 0.05) is 17.3 Å². The summed E-state index contributed by atoms with van der Waals surface area (Å²) in [5.74, 6) is -0.628. The summed E-state index contributed by atoms with van der Waals surface area (Å²) in [6, 6.07) is 5.41. The predicted molar refractivity (Wildman–Crippen MR) is 91.6 cm³/mol. The van der Waals surface area contributed by atoms with Crippen molar-refractivity contribution in [3.8, 4) is 23.1 Å². The zero-order chi connectivity index (χ0) is 19.9. The topological polar surface area (TPSA) is 83.2 Å². The van der Waals surface area contributed by atoms with Crippen molar-refractivity contribution in [2.45, 2.75) is 25.9 Å². The van der Waals surface area contributed by atoms with Gasteiger partial charge in [0.2, 0.25) is 0 Å². The van der Waals surface area contributed by atoms with Crippen LogP contribution in [0, 0.1) is 11.3 Å². The summed E-state index contributed by atoms with van der Waals surface area (Å²) in [6.07, 6.45) is -3.31. The van der Waals surface area contributed by atoms with Crippen LogP contribution < -0.4 is 10.3 Å². The van der Waals surface area contributed by atoms with Crippen LogP contribution in [0.2, 0.25) is 0 Å². The molecule has 0 aliphatic carbocycles. The van der Waals surface area contributed by atoms with Gasteiger partial charge >= 0.3 is 6.18 Å². The smallest absolute Gasteiger partial charge is 0.419 e. The molecule has 2 heterocycles. The Bertz CT molecular complexity index is 1120. The van der Waals surface area contributed by atoms with E-state index in [2.05, 4.69) is 10.1 Å². The van der Waals surface area contributed by atoms with Gasteiger partial charge in [0.15, 0.2) is 5.65 Å². The van der Waals surface area contributed by atoms with Crippen LogP contribution in [0.25, 0.3) is 16.9 Å². The van der Waals surface area contributed by atoms with Crippen molar-refractivity contribution in [3.63, 3.8) is 0 Å². The van der Waals surface area contributed by atoms with Crippen LogP contribution in [0.1, 0.15) is 36.5 Å². The largest absolute Gasteiger partial charge is 0.496 e. The molecule has 0 aliphatic rings. The number of alkyl halides is 3. The highest BCUT2D eigenvalue weighted by Crippen LogP contribution is 2.39. The van der Waals surface area contributed by atoms with E-state index < -0.39 is 17.3 Å². The zero-order valence-electron chi connectivity index (χ0n) is 14.7. The number of halogens is 3. The summed E-state index contributed by atoms with van der Waals surface area (Å²) in [5, 5.41) is 11.8. The number of ether oxygens (including phenoxy) is 1. The fourth-order valence-corrected chi connectivity index (χ4v) is 2.93. The van der Waals surface area contributed by atoms with Crippen molar-refractivity contribution in [1.82, 2.24) is 14.6 Å². The number of hydrogen-bond donors (Lipinski definition) is 1. The average Bonchev–Trinajstić information content (AvgIpc) is 3.03. The number of benzene rings is 1. The Morgan fingerprint density at radius 3 is 2.59 bits per heavy atom. The van der Waals surface area contributed by atoms with Crippen LogP contribution in [0.15, 0.2) is 29.2 Å². The van der Waals surface area contributed by atoms with Gasteiger partial charge in [0.25, 0.3) is 5.56 Å². The quantitative estimate of drug-likeness (QED) is 0.755. The number of aromatic nitrogens is 3. The number of fused-ring (bicyclic) bond motifs is 1. The number of H-pyrrole nitrogens is 1. The van der Waals surface area contributed by atoms with E-state index >= 15 is 0 Å². The van der Waals surface area contributed by atoms with Crippen molar-refractivity contribution < 1.29 is 17.9 Å². The monoisotopic (exact) mass is 376 g/mol. The maximum atomic E-state index is 13.4. The molecule has 0 aliphatic heterocycles. The third kappa shape index (κ3) is 3.03. The summed E-state index contributed by atoms with van der Waals surface area (Å²) in [6.45, 7) is 3.49. The predicted octanol–water partition coefficient (Wildman–Crippen LogP) is 3.71. The van der Waals surface area contributed by atoms with E-state index in [0.717, 1.165) is 17.7 Å². The van der Waals surface area contributed by atoms with E-state index in [-0.39, 0.29) is 39.7 Å². The summed E-state index contributed by atoms with van der Waals surface area (Å²) in [4.78, 5) is 17.2. The fraction of sp³-hybridized carbons (Fsp3) is 0.278. The summed E-state index contributed by atoms with van der Waals surface area (Å²) in [7, 11) is 1.15. The van der Waals surface area contributed by atoms with Crippen LogP contribution in [0.4, 0.5) is 13.2 Å². The molecule has 0 unspecified atom stereocenters. The highest BCUT2D eigenvalue weighted by molar-refractivity contribution is 5.69. The first-order valence-electron chi connectivity index (χ1n) is 7.98. The maximum Gasteiger partial charge on any atom is 0.419 e. The SMILES string of the molecule is COc1ccc(-c2nc3c(C#N)c[nH]n3c(=O)c2C(C)C)cc1C(F)(F)F. The Kier molecular flexibility index (Phi) is 4.43. The Balaban J connectivity index is 2.39. The summed E-state index contributed by atoms with van der Waals surface area (Å²) < 4.78 is 46.1. The van der Waals surface area contributed by atoms with E-state index in [1.807, 2.05) is 6.07 Å². The van der Waals surface area contributed by atoms with Crippen molar-refractivity contribution in [2.24, 2.45) is 0 Å². The van der Waals surface area contributed by atoms with Gasteiger partial charge in [-0.2, -0.15) is 18.4 Å². The van der Waals surface area contributed by atoms with E-state index in [0.29, 0.717) is 0 Å². The molecule has 0 amide bonds. The molecule has 3 rings (SSSR count). The molecule has 6 nitrogen and oxygen atoms in total. The molecule has 3 aromatic rings. The van der Waals surface area contributed by atoms with Gasteiger partial charge < -0.3 is 4.74 Å². The van der Waals surface area contributed by atoms with Crippen LogP contribution >= 0.6 is 0 Å². The molecule has 2 aromatic heterocycles. The Labute approximate surface area is 151 Å². The highest BCUT2D eigenvalue weighted by atomic mass is 19.4. The lowest BCUT2D eigenvalue weighted by Crippen LogP contribution is -2.22. The summed E-state index contributed by atoms with van der Waals surface area (Å²) >= 11 is 0. The first-order chi connectivity index (χ1) is 12.7. The number of methoxy groups -OCH3 is 1. The molecule has 0 bridgehead atoms. The Morgan fingerprint density at radius 1 is 1.33 bits per heavy atom. The van der Waals surface area contributed by atoms with Crippen molar-refractivity contribution in [3.05, 3.63) is 51.4 Å². The molecule has 0 fully saturated rings. The minimum atomic E-state index is -4.63. The molecule has 0 atom stereocenters. The van der Waals surface area contributed by atoms with Crippen LogP contribution in [0.5, 0.6) is 5.75 Å². The molecule has 140 valence electrons. The van der Waals surface area contributed by atoms with Gasteiger partial charge in [-0.15, -0.1) is 0 Å². The lowest BCUT2D eigenvalue weighted by Gasteiger charge is -2.16. The molecule has 9 heteroatoms. The van der Waals surface area contributed by atoms with Crippen LogP contribution in [-0.2, 0) is 6.18 Å². The lowest BCUT2D eigenvalue weighted by atomic mass is 9.96. The third-order valence-electron chi connectivity index (χ3n) is 4.17. The average molecular weight is 376 g/mol. The molecule has 0 saturated carbocycles. The van der Waals surface area contributed by atoms with Gasteiger partial charge in [-0.1, -0.05) is 13.8 Å². The van der Waals surface area contributed by atoms with Gasteiger partial charge in [0.05, 0.1) is 18.4 Å². The van der Waals surface area contributed by atoms with Gasteiger partial charge in [-0.25, -0.2) is 9.50 Å². The Morgan fingerprint density at radius 2 is 2.04 bits per heavy atom. The van der Waals surface area contributed by atoms with Crippen LogP contribution in [0.3, 0.4) is 0 Å². The van der Waals surface area contributed by atoms with Crippen molar-refractivity contribution in [1.29, 1.82) is 5.26 Å². The third-order valence-corrected chi connectivity index (χ3v) is 4.17. The molecule has 0 saturated heterocycles. The van der Waals surface area contributed by atoms with Gasteiger partial charge in [-0.3, -0.25) is 9.89 Å². The zero-order valence-corrected chi connectivity index (χ0v) is 14.7. The molecule has 0 radical (unpaired) electrons. The number of nitrogens with one attached hydrogen (secondary N) is 1. The molecule has 0 spiro atoms. The first-order valence-corrected chi connectivity index (χ1v) is 7.98. The maximum absolute atomic E-state index is 13.4. The Hall–Kier alpha value is -3.28. The molecular formula is C18H15F3N4O2. The standard InChI is InChI=1S/C18H15F3N4O2/c1-9(2)14-15(24-16-11(7-22)8-23-25(16)17(14)26)10-4-5-13(27-3)12(6-10)18(19,20)21/h4-6,8-9,23H,1-3H3. The van der Waals surface area contributed by atoms with E-state index in [1.165, 1.54) is 18.3 Å². The minimum absolute atomic E-state index is 0.0614. The second-order valence-electron chi connectivity index (χ2n) is 6.20. The molecular weight excluding hydrogens is 361 g/mol. The minimum Gasteiger partial charge on any atom is -0.496 e. The van der Waals surface area contributed by atoms with Crippen molar-refractivity contribution in [2.75, 3.05) is 7.11 Å². The second kappa shape index (κ2) is 6.46. The molecule has 1 N–H and O–H groups in total. The van der Waals surface area contributed by atoms with E-state index in [1.54, 1.807) is 13.8 Å².